The summed E-state index contributed by atoms with van der Waals surface area (Å²) in [5.41, 5.74) is 0.472. The van der Waals surface area contributed by atoms with E-state index in [0.717, 1.165) is 5.04 Å². The van der Waals surface area contributed by atoms with Crippen molar-refractivity contribution < 1.29 is 22.3 Å². The Morgan fingerprint density at radius 2 is 1.90 bits per heavy atom. The van der Waals surface area contributed by atoms with Gasteiger partial charge in [-0.25, -0.2) is 0 Å². The molecular formula is C12H10F3N3O2S. The quantitative estimate of drug-likeness (QED) is 0.631. The van der Waals surface area contributed by atoms with Crippen LogP contribution < -0.4 is 4.74 Å². The van der Waals surface area contributed by atoms with Crippen LogP contribution in [0.2, 0.25) is 0 Å². The van der Waals surface area contributed by atoms with Gasteiger partial charge in [0.15, 0.2) is 0 Å². The predicted molar refractivity (Wildman–Crippen MR) is 72.7 cm³/mol. The Labute approximate surface area is 122 Å². The summed E-state index contributed by atoms with van der Waals surface area (Å²) in [6, 6.07) is 5.21. The van der Waals surface area contributed by atoms with Crippen molar-refractivity contribution in [2.75, 3.05) is 6.26 Å². The largest absolute Gasteiger partial charge is 0.573 e. The first-order chi connectivity index (χ1) is 9.87. The van der Waals surface area contributed by atoms with Crippen molar-refractivity contribution in [1.29, 1.82) is 0 Å². The molecule has 21 heavy (non-hydrogen) atoms. The van der Waals surface area contributed by atoms with Crippen molar-refractivity contribution in [3.63, 3.8) is 0 Å². The Hall–Kier alpha value is -2.03. The van der Waals surface area contributed by atoms with Gasteiger partial charge in [0.25, 0.3) is 0 Å². The highest BCUT2D eigenvalue weighted by molar-refractivity contribution is 8.13. The third-order valence-corrected chi connectivity index (χ3v) is 2.98. The highest BCUT2D eigenvalue weighted by Gasteiger charge is 2.31. The molecule has 5 nitrogen and oxygen atoms in total. The number of ether oxygens (including phenoxy) is 1. The Balaban J connectivity index is 2.16. The van der Waals surface area contributed by atoms with Gasteiger partial charge in [-0.1, -0.05) is 5.10 Å². The van der Waals surface area contributed by atoms with E-state index in [-0.39, 0.29) is 17.7 Å². The standard InChI is InChI=1S/C12H10F3N3O2S/c1-7(21-2)16-11-18-17-10(19-11)8-3-5-9(6-4-8)20-12(13,14)15/h3-6H,1-2H3/b16-7-. The highest BCUT2D eigenvalue weighted by atomic mass is 32.2. The molecule has 0 spiro atoms. The molecule has 1 aromatic carbocycles. The molecule has 0 aliphatic heterocycles. The lowest BCUT2D eigenvalue weighted by Crippen LogP contribution is -2.16. The Bertz CT molecular complexity index is 638. The van der Waals surface area contributed by atoms with E-state index in [1.165, 1.54) is 36.0 Å². The van der Waals surface area contributed by atoms with Crippen LogP contribution in [0.15, 0.2) is 33.7 Å². The Kier molecular flexibility index (Phi) is 4.51. The molecule has 0 unspecified atom stereocenters. The van der Waals surface area contributed by atoms with Gasteiger partial charge < -0.3 is 9.15 Å². The average Bonchev–Trinajstić information content (AvgIpc) is 2.86. The smallest absolute Gasteiger partial charge is 0.406 e. The molecule has 1 aromatic heterocycles. The second kappa shape index (κ2) is 6.17. The lowest BCUT2D eigenvalue weighted by molar-refractivity contribution is -0.274. The van der Waals surface area contributed by atoms with E-state index in [9.17, 15) is 13.2 Å². The minimum atomic E-state index is -4.72. The van der Waals surface area contributed by atoms with Crippen LogP contribution in [0.5, 0.6) is 5.75 Å². The lowest BCUT2D eigenvalue weighted by Gasteiger charge is -2.08. The molecule has 0 N–H and O–H groups in total. The van der Waals surface area contributed by atoms with E-state index >= 15 is 0 Å². The van der Waals surface area contributed by atoms with Crippen LogP contribution in [0.4, 0.5) is 19.2 Å². The van der Waals surface area contributed by atoms with Crippen LogP contribution in [0.1, 0.15) is 6.92 Å². The molecule has 112 valence electrons. The molecule has 2 aromatic rings. The molecule has 0 saturated heterocycles. The normalized spacial score (nSPS) is 12.5. The van der Waals surface area contributed by atoms with Crippen LogP contribution >= 0.6 is 11.8 Å². The molecule has 0 fully saturated rings. The maximum atomic E-state index is 12.0. The Morgan fingerprint density at radius 1 is 1.24 bits per heavy atom. The summed E-state index contributed by atoms with van der Waals surface area (Å²) in [5, 5.41) is 8.26. The van der Waals surface area contributed by atoms with Crippen LogP contribution in [0.25, 0.3) is 11.5 Å². The summed E-state index contributed by atoms with van der Waals surface area (Å²) in [6.07, 6.45) is -2.86. The molecule has 9 heteroatoms. The number of aromatic nitrogens is 2. The summed E-state index contributed by atoms with van der Waals surface area (Å²) in [6.45, 7) is 1.79. The van der Waals surface area contributed by atoms with Gasteiger partial charge in [-0.3, -0.25) is 0 Å². The van der Waals surface area contributed by atoms with Gasteiger partial charge in [-0.05, 0) is 37.4 Å². The summed E-state index contributed by atoms with van der Waals surface area (Å²) >= 11 is 1.43. The van der Waals surface area contributed by atoms with Crippen LogP contribution in [0.3, 0.4) is 0 Å². The van der Waals surface area contributed by atoms with Crippen molar-refractivity contribution in [2.45, 2.75) is 13.3 Å². The summed E-state index contributed by atoms with van der Waals surface area (Å²) in [7, 11) is 0. The van der Waals surface area contributed by atoms with Crippen LogP contribution in [0, 0.1) is 0 Å². The van der Waals surface area contributed by atoms with Gasteiger partial charge in [0.2, 0.25) is 5.89 Å². The van der Waals surface area contributed by atoms with E-state index in [2.05, 4.69) is 19.9 Å². The average molecular weight is 317 g/mol. The number of benzene rings is 1. The summed E-state index contributed by atoms with van der Waals surface area (Å²) in [4.78, 5) is 4.06. The van der Waals surface area contributed by atoms with E-state index in [0.29, 0.717) is 5.56 Å². The summed E-state index contributed by atoms with van der Waals surface area (Å²) in [5.74, 6) is -0.150. The third kappa shape index (κ3) is 4.48. The maximum Gasteiger partial charge on any atom is 0.573 e. The SMILES string of the molecule is CS/C(C)=N\c1nnc(-c2ccc(OC(F)(F)F)cc2)o1. The zero-order valence-corrected chi connectivity index (χ0v) is 11.8. The van der Waals surface area contributed by atoms with Crippen LogP contribution in [-0.4, -0.2) is 27.9 Å². The molecule has 0 amide bonds. The van der Waals surface area contributed by atoms with Gasteiger partial charge in [0, 0.05) is 5.56 Å². The van der Waals surface area contributed by atoms with E-state index < -0.39 is 6.36 Å². The van der Waals surface area contributed by atoms with Crippen molar-refractivity contribution in [3.05, 3.63) is 24.3 Å². The first kappa shape index (κ1) is 15.4. The number of hydrogen-bond acceptors (Lipinski definition) is 6. The topological polar surface area (TPSA) is 60.5 Å². The third-order valence-electron chi connectivity index (χ3n) is 2.30. The van der Waals surface area contributed by atoms with Crippen molar-refractivity contribution in [2.24, 2.45) is 4.99 Å². The van der Waals surface area contributed by atoms with E-state index in [1.54, 1.807) is 6.92 Å². The monoisotopic (exact) mass is 317 g/mol. The Morgan fingerprint density at radius 3 is 2.48 bits per heavy atom. The number of aliphatic imine (C=N–C) groups is 1. The fraction of sp³-hybridized carbons (Fsp3) is 0.250. The second-order valence-electron chi connectivity index (χ2n) is 3.80. The highest BCUT2D eigenvalue weighted by Crippen LogP contribution is 2.27. The zero-order valence-electron chi connectivity index (χ0n) is 11.0. The molecule has 0 radical (unpaired) electrons. The van der Waals surface area contributed by atoms with E-state index in [1.807, 2.05) is 6.26 Å². The van der Waals surface area contributed by atoms with E-state index in [4.69, 9.17) is 4.42 Å². The van der Waals surface area contributed by atoms with Crippen LogP contribution in [-0.2, 0) is 0 Å². The molecular weight excluding hydrogens is 307 g/mol. The number of thioether (sulfide) groups is 1. The molecule has 2 rings (SSSR count). The molecule has 0 bridgehead atoms. The van der Waals surface area contributed by atoms with Gasteiger partial charge in [0.05, 0.1) is 5.04 Å². The molecule has 0 aliphatic rings. The van der Waals surface area contributed by atoms with Gasteiger partial charge >= 0.3 is 12.4 Å². The first-order valence-electron chi connectivity index (χ1n) is 5.66. The predicted octanol–water partition coefficient (Wildman–Crippen LogP) is 4.05. The zero-order chi connectivity index (χ0) is 15.5. The van der Waals surface area contributed by atoms with Gasteiger partial charge in [0.1, 0.15) is 5.75 Å². The molecule has 1 heterocycles. The minimum absolute atomic E-state index is 0.0902. The van der Waals surface area contributed by atoms with Crippen molar-refractivity contribution in [3.8, 4) is 17.2 Å². The fourth-order valence-corrected chi connectivity index (χ4v) is 1.53. The van der Waals surface area contributed by atoms with Gasteiger partial charge in [-0.2, -0.15) is 4.99 Å². The molecule has 0 atom stereocenters. The first-order valence-corrected chi connectivity index (χ1v) is 6.89. The second-order valence-corrected chi connectivity index (χ2v) is 4.80. The maximum absolute atomic E-state index is 12.0. The number of rotatable bonds is 3. The lowest BCUT2D eigenvalue weighted by atomic mass is 10.2. The number of hydrogen-bond donors (Lipinski definition) is 0. The molecule has 0 saturated carbocycles. The number of nitrogens with zero attached hydrogens (tertiary/aromatic N) is 3. The number of alkyl halides is 3. The van der Waals surface area contributed by atoms with Crippen molar-refractivity contribution in [1.82, 2.24) is 10.2 Å². The minimum Gasteiger partial charge on any atom is -0.406 e. The molecule has 0 aliphatic carbocycles. The van der Waals surface area contributed by atoms with Gasteiger partial charge in [-0.15, -0.1) is 30.0 Å². The fourth-order valence-electron chi connectivity index (χ4n) is 1.36. The van der Waals surface area contributed by atoms with Crippen molar-refractivity contribution >= 4 is 22.8 Å². The number of halogens is 3. The summed E-state index contributed by atoms with van der Waals surface area (Å²) < 4.78 is 45.2.